The van der Waals surface area contributed by atoms with E-state index in [1.54, 1.807) is 19.1 Å². The zero-order valence-corrected chi connectivity index (χ0v) is 15.0. The number of carbonyl (C=O) groups is 3. The summed E-state index contributed by atoms with van der Waals surface area (Å²) in [4.78, 5) is 39.4. The molecule has 4 rings (SSSR count). The van der Waals surface area contributed by atoms with E-state index in [4.69, 9.17) is 11.6 Å². The summed E-state index contributed by atoms with van der Waals surface area (Å²) in [5, 5.41) is 3.32. The van der Waals surface area contributed by atoms with E-state index in [0.717, 1.165) is 24.8 Å². The molecule has 3 amide bonds. The van der Waals surface area contributed by atoms with Crippen molar-refractivity contribution in [3.05, 3.63) is 28.8 Å². The van der Waals surface area contributed by atoms with E-state index < -0.39 is 6.04 Å². The van der Waals surface area contributed by atoms with Gasteiger partial charge in [-0.2, -0.15) is 0 Å². The van der Waals surface area contributed by atoms with Crippen LogP contribution in [-0.2, 0) is 14.4 Å². The molecule has 5 atom stereocenters. The van der Waals surface area contributed by atoms with E-state index in [1.807, 2.05) is 13.0 Å². The van der Waals surface area contributed by atoms with Crippen LogP contribution in [0.3, 0.4) is 0 Å². The number of hydrogen-bond acceptors (Lipinski definition) is 3. The molecule has 0 spiro atoms. The van der Waals surface area contributed by atoms with Gasteiger partial charge in [-0.25, -0.2) is 0 Å². The van der Waals surface area contributed by atoms with Crippen LogP contribution in [-0.4, -0.2) is 28.7 Å². The fourth-order valence-electron chi connectivity index (χ4n) is 4.85. The normalized spacial score (nSPS) is 31.4. The van der Waals surface area contributed by atoms with Crippen LogP contribution >= 0.6 is 11.6 Å². The standard InChI is InChI=1S/C19H21ClN2O3/c1-9-3-6-13(8-14(9)20)21-17(23)10(2)22-18(24)15-11-4-5-12(7-11)16(15)19(22)25/h3,6,8,10-12,15-16H,4-5,7H2,1-2H3,(H,21,23)/t10-,11-,12+,15-,16+/m0/s1. The molecule has 2 aliphatic carbocycles. The van der Waals surface area contributed by atoms with Gasteiger partial charge in [0.25, 0.3) is 0 Å². The molecule has 25 heavy (non-hydrogen) atoms. The topological polar surface area (TPSA) is 66.5 Å². The number of nitrogens with one attached hydrogen (secondary N) is 1. The molecule has 1 N–H and O–H groups in total. The van der Waals surface area contributed by atoms with Gasteiger partial charge in [0.15, 0.2) is 0 Å². The first-order valence-electron chi connectivity index (χ1n) is 8.82. The van der Waals surface area contributed by atoms with Crippen LogP contribution in [0.2, 0.25) is 5.02 Å². The van der Waals surface area contributed by atoms with Crippen molar-refractivity contribution in [2.75, 3.05) is 5.32 Å². The minimum Gasteiger partial charge on any atom is -0.324 e. The third kappa shape index (κ3) is 2.48. The lowest BCUT2D eigenvalue weighted by atomic mass is 9.81. The number of fused-ring (bicyclic) bond motifs is 5. The highest BCUT2D eigenvalue weighted by atomic mass is 35.5. The Hall–Kier alpha value is -1.88. The van der Waals surface area contributed by atoms with Gasteiger partial charge in [0.2, 0.25) is 17.7 Å². The Kier molecular flexibility index (Phi) is 3.87. The first-order valence-corrected chi connectivity index (χ1v) is 9.20. The Bertz CT molecular complexity index is 750. The fourth-order valence-corrected chi connectivity index (χ4v) is 5.03. The van der Waals surface area contributed by atoms with Crippen LogP contribution in [0, 0.1) is 30.6 Å². The highest BCUT2D eigenvalue weighted by Crippen LogP contribution is 2.56. The van der Waals surface area contributed by atoms with Gasteiger partial charge in [-0.15, -0.1) is 0 Å². The maximum Gasteiger partial charge on any atom is 0.247 e. The van der Waals surface area contributed by atoms with E-state index in [2.05, 4.69) is 5.32 Å². The average molecular weight is 361 g/mol. The Balaban J connectivity index is 1.51. The van der Waals surface area contributed by atoms with Crippen molar-refractivity contribution >= 4 is 35.0 Å². The molecule has 1 aromatic carbocycles. The van der Waals surface area contributed by atoms with E-state index in [-0.39, 0.29) is 29.6 Å². The van der Waals surface area contributed by atoms with Crippen molar-refractivity contribution in [1.29, 1.82) is 0 Å². The molecule has 1 aromatic rings. The van der Waals surface area contributed by atoms with Crippen LogP contribution < -0.4 is 5.32 Å². The number of hydrogen-bond donors (Lipinski definition) is 1. The second-order valence-corrected chi connectivity index (χ2v) is 7.97. The number of likely N-dealkylation sites (tertiary alicyclic amines) is 1. The smallest absolute Gasteiger partial charge is 0.247 e. The molecule has 1 aliphatic heterocycles. The van der Waals surface area contributed by atoms with E-state index >= 15 is 0 Å². The third-order valence-corrected chi connectivity index (χ3v) is 6.57. The molecule has 2 bridgehead atoms. The fraction of sp³-hybridized carbons (Fsp3) is 0.526. The van der Waals surface area contributed by atoms with Crippen LogP contribution in [0.15, 0.2) is 18.2 Å². The number of rotatable bonds is 3. The van der Waals surface area contributed by atoms with Gasteiger partial charge >= 0.3 is 0 Å². The molecular formula is C19H21ClN2O3. The number of amides is 3. The van der Waals surface area contributed by atoms with Crippen LogP contribution in [0.1, 0.15) is 31.7 Å². The molecule has 5 nitrogen and oxygen atoms in total. The predicted molar refractivity (Wildman–Crippen MR) is 93.9 cm³/mol. The Morgan fingerprint density at radius 3 is 2.36 bits per heavy atom. The zero-order valence-electron chi connectivity index (χ0n) is 14.3. The van der Waals surface area contributed by atoms with E-state index in [0.29, 0.717) is 22.5 Å². The summed E-state index contributed by atoms with van der Waals surface area (Å²) in [6.07, 6.45) is 3.05. The largest absolute Gasteiger partial charge is 0.324 e. The summed E-state index contributed by atoms with van der Waals surface area (Å²) < 4.78 is 0. The maximum atomic E-state index is 12.8. The third-order valence-electron chi connectivity index (χ3n) is 6.17. The number of aryl methyl sites for hydroxylation is 1. The molecule has 2 saturated carbocycles. The van der Waals surface area contributed by atoms with E-state index in [9.17, 15) is 14.4 Å². The molecule has 0 radical (unpaired) electrons. The lowest BCUT2D eigenvalue weighted by molar-refractivity contribution is -0.146. The first kappa shape index (κ1) is 16.6. The van der Waals surface area contributed by atoms with Crippen LogP contribution in [0.5, 0.6) is 0 Å². The van der Waals surface area contributed by atoms with Gasteiger partial charge < -0.3 is 5.32 Å². The number of carbonyl (C=O) groups excluding carboxylic acids is 3. The maximum absolute atomic E-state index is 12.8. The van der Waals surface area contributed by atoms with Gasteiger partial charge in [-0.3, -0.25) is 19.3 Å². The van der Waals surface area contributed by atoms with Crippen molar-refractivity contribution in [2.24, 2.45) is 23.7 Å². The second kappa shape index (κ2) is 5.84. The molecule has 0 aromatic heterocycles. The minimum atomic E-state index is -0.815. The summed E-state index contributed by atoms with van der Waals surface area (Å²) in [7, 11) is 0. The number of halogens is 1. The lowest BCUT2D eigenvalue weighted by Crippen LogP contribution is -2.46. The Labute approximate surface area is 151 Å². The molecule has 132 valence electrons. The molecule has 3 aliphatic rings. The van der Waals surface area contributed by atoms with Crippen molar-refractivity contribution in [3.8, 4) is 0 Å². The number of benzene rings is 1. The van der Waals surface area contributed by atoms with Gasteiger partial charge in [0, 0.05) is 10.7 Å². The van der Waals surface area contributed by atoms with Crippen LogP contribution in [0.25, 0.3) is 0 Å². The molecular weight excluding hydrogens is 340 g/mol. The van der Waals surface area contributed by atoms with Gasteiger partial charge in [-0.1, -0.05) is 17.7 Å². The zero-order chi connectivity index (χ0) is 17.9. The SMILES string of the molecule is Cc1ccc(NC(=O)[C@H](C)N2C(=O)[C@@H]3[C@@H]4CC[C@@H](C4)[C@@H]3C2=O)cc1Cl. The monoisotopic (exact) mass is 360 g/mol. The highest BCUT2D eigenvalue weighted by molar-refractivity contribution is 6.31. The van der Waals surface area contributed by atoms with Gasteiger partial charge in [-0.05, 0) is 62.6 Å². The quantitative estimate of drug-likeness (QED) is 0.842. The highest BCUT2D eigenvalue weighted by Gasteiger charge is 2.62. The molecule has 1 saturated heterocycles. The molecule has 6 heteroatoms. The Morgan fingerprint density at radius 2 is 1.80 bits per heavy atom. The summed E-state index contributed by atoms with van der Waals surface area (Å²) in [6.45, 7) is 3.50. The molecule has 3 fully saturated rings. The number of imide groups is 1. The van der Waals surface area contributed by atoms with E-state index in [1.165, 1.54) is 4.90 Å². The predicted octanol–water partition coefficient (Wildman–Crippen LogP) is 3.01. The lowest BCUT2D eigenvalue weighted by Gasteiger charge is -2.23. The van der Waals surface area contributed by atoms with Crippen molar-refractivity contribution < 1.29 is 14.4 Å². The van der Waals surface area contributed by atoms with Crippen LogP contribution in [0.4, 0.5) is 5.69 Å². The molecule has 1 heterocycles. The van der Waals surface area contributed by atoms with Crippen molar-refractivity contribution in [3.63, 3.8) is 0 Å². The average Bonchev–Trinajstić information content (AvgIpc) is 3.24. The summed E-state index contributed by atoms with van der Waals surface area (Å²) >= 11 is 6.08. The number of nitrogens with zero attached hydrogens (tertiary/aromatic N) is 1. The summed E-state index contributed by atoms with van der Waals surface area (Å²) in [5.41, 5.74) is 1.48. The summed E-state index contributed by atoms with van der Waals surface area (Å²) in [6, 6.07) is 4.43. The molecule has 0 unspecified atom stereocenters. The first-order chi connectivity index (χ1) is 11.9. The minimum absolute atomic E-state index is 0.160. The van der Waals surface area contributed by atoms with Crippen molar-refractivity contribution in [1.82, 2.24) is 4.90 Å². The van der Waals surface area contributed by atoms with Crippen molar-refractivity contribution in [2.45, 2.75) is 39.2 Å². The second-order valence-electron chi connectivity index (χ2n) is 7.56. The number of anilines is 1. The Morgan fingerprint density at radius 1 is 1.20 bits per heavy atom. The van der Waals surface area contributed by atoms with Gasteiger partial charge in [0.1, 0.15) is 6.04 Å². The summed E-state index contributed by atoms with van der Waals surface area (Å²) in [5.74, 6) is -0.441. The van der Waals surface area contributed by atoms with Gasteiger partial charge in [0.05, 0.1) is 11.8 Å².